The zero-order valence-electron chi connectivity index (χ0n) is 13.6. The first-order valence-electron chi connectivity index (χ1n) is 7.38. The molecule has 0 heterocycles. The van der Waals surface area contributed by atoms with Crippen LogP contribution < -0.4 is 0 Å². The second-order valence-electron chi connectivity index (χ2n) is 4.76. The summed E-state index contributed by atoms with van der Waals surface area (Å²) in [5, 5.41) is 0. The Bertz CT molecular complexity index is 814. The Morgan fingerprint density at radius 3 is 1.36 bits per heavy atom. The van der Waals surface area contributed by atoms with Crippen molar-refractivity contribution in [2.45, 2.75) is 4.90 Å². The second-order valence-corrected chi connectivity index (χ2v) is 10.9. The van der Waals surface area contributed by atoms with Crippen molar-refractivity contribution in [3.8, 4) is 0 Å². The molecular weight excluding hydrogens is 451 g/mol. The third-order valence-corrected chi connectivity index (χ3v) is 8.48. The largest absolute Gasteiger partial charge is 0.744 e. The molecule has 0 aliphatic carbocycles. The Morgan fingerprint density at radius 1 is 0.720 bits per heavy atom. The molecule has 0 N–H and O–H groups in total. The van der Waals surface area contributed by atoms with Gasteiger partial charge in [-0.15, -0.1) is 0 Å². The predicted molar refractivity (Wildman–Crippen MR) is 106 cm³/mol. The second kappa shape index (κ2) is 9.67. The Hall–Kier alpha value is -1.74. The van der Waals surface area contributed by atoms with E-state index in [9.17, 15) is 13.0 Å². The quantitative estimate of drug-likeness (QED) is 0.420. The van der Waals surface area contributed by atoms with Gasteiger partial charge in [-0.05, 0) is 12.1 Å². The van der Waals surface area contributed by atoms with Crippen molar-refractivity contribution < 1.29 is 16.0 Å². The molecule has 0 aliphatic heterocycles. The number of halogens is 1. The van der Waals surface area contributed by atoms with Crippen LogP contribution in [0.2, 0.25) is 0 Å². The standard InChI is InChI=1S/C13H13IO.C6H6O3S/c1-15-14(12-8-4-2-5-9-12)13-10-6-3-7-11-13;7-10(8,9)6-4-2-1-3-5-6/h2-11H,1H3;1-5H,(H,7,8,9)/p-1. The number of benzene rings is 3. The molecule has 0 saturated heterocycles. The van der Waals surface area contributed by atoms with Crippen LogP contribution in [0.4, 0.5) is 0 Å². The summed E-state index contributed by atoms with van der Waals surface area (Å²) in [4.78, 5) is -0.185. The first-order valence-corrected chi connectivity index (χ1v) is 11.8. The fraction of sp³-hybridized carbons (Fsp3) is 0.0526. The third kappa shape index (κ3) is 6.24. The molecule has 0 aliphatic rings. The van der Waals surface area contributed by atoms with Crippen molar-refractivity contribution in [2.24, 2.45) is 0 Å². The van der Waals surface area contributed by atoms with Gasteiger partial charge in [0.1, 0.15) is 10.1 Å². The first kappa shape index (κ1) is 19.6. The topological polar surface area (TPSA) is 66.4 Å². The molecule has 0 atom stereocenters. The van der Waals surface area contributed by atoms with Gasteiger partial charge in [0.15, 0.2) is 0 Å². The average Bonchev–Trinajstić information content (AvgIpc) is 2.65. The smallest absolute Gasteiger partial charge is 0.124 e. The van der Waals surface area contributed by atoms with Gasteiger partial charge < -0.3 is 4.55 Å². The van der Waals surface area contributed by atoms with Gasteiger partial charge in [0.25, 0.3) is 0 Å². The summed E-state index contributed by atoms with van der Waals surface area (Å²) in [5.74, 6) is 0. The molecule has 0 aromatic heterocycles. The van der Waals surface area contributed by atoms with E-state index < -0.39 is 30.4 Å². The normalized spacial score (nSPS) is 11.2. The van der Waals surface area contributed by atoms with Crippen LogP contribution in [0.1, 0.15) is 0 Å². The summed E-state index contributed by atoms with van der Waals surface area (Å²) >= 11 is -1.62. The molecule has 3 aromatic rings. The van der Waals surface area contributed by atoms with E-state index in [1.165, 1.54) is 31.4 Å². The summed E-state index contributed by atoms with van der Waals surface area (Å²) in [5.41, 5.74) is 0. The minimum Gasteiger partial charge on any atom is -0.744 e. The fourth-order valence-corrected chi connectivity index (χ4v) is 6.31. The van der Waals surface area contributed by atoms with Crippen LogP contribution in [-0.4, -0.2) is 20.1 Å². The van der Waals surface area contributed by atoms with Crippen LogP contribution in [-0.2, 0) is 13.2 Å². The predicted octanol–water partition coefficient (Wildman–Crippen LogP) is 4.38. The van der Waals surface area contributed by atoms with Crippen LogP contribution in [0.25, 0.3) is 0 Å². The van der Waals surface area contributed by atoms with Crippen LogP contribution in [0.3, 0.4) is 0 Å². The maximum atomic E-state index is 10.3. The van der Waals surface area contributed by atoms with Crippen molar-refractivity contribution >= 4 is 30.4 Å². The van der Waals surface area contributed by atoms with E-state index >= 15 is 0 Å². The van der Waals surface area contributed by atoms with E-state index in [-0.39, 0.29) is 4.90 Å². The maximum Gasteiger partial charge on any atom is 0.124 e. The minimum atomic E-state index is -4.25. The first-order chi connectivity index (χ1) is 12.0. The molecule has 4 nitrogen and oxygen atoms in total. The Balaban J connectivity index is 0.000000196. The molecule has 0 unspecified atom stereocenters. The van der Waals surface area contributed by atoms with E-state index in [1.54, 1.807) is 6.07 Å². The Kier molecular flexibility index (Phi) is 7.57. The Labute approximate surface area is 156 Å². The molecule has 0 spiro atoms. The van der Waals surface area contributed by atoms with Gasteiger partial charge in [-0.3, -0.25) is 0 Å². The van der Waals surface area contributed by atoms with Gasteiger partial charge in [-0.2, -0.15) is 0 Å². The number of hydrogen-bond acceptors (Lipinski definition) is 4. The molecule has 0 radical (unpaired) electrons. The molecule has 0 fully saturated rings. The van der Waals surface area contributed by atoms with Crippen molar-refractivity contribution in [2.75, 3.05) is 7.11 Å². The molecule has 0 amide bonds. The number of rotatable bonds is 4. The SMILES string of the molecule is COI(c1ccccc1)c1ccccc1.O=S(=O)([O-])c1ccccc1. The molecular formula is C19H18IO4S-. The summed E-state index contributed by atoms with van der Waals surface area (Å²) < 4.78 is 39.2. The zero-order chi connectivity index (χ0) is 18.1. The van der Waals surface area contributed by atoms with Gasteiger partial charge in [-0.1, -0.05) is 18.2 Å². The van der Waals surface area contributed by atoms with E-state index in [0.717, 1.165) is 0 Å². The molecule has 3 rings (SSSR count). The third-order valence-electron chi connectivity index (χ3n) is 3.05. The summed E-state index contributed by atoms with van der Waals surface area (Å²) in [6, 6.07) is 28.2. The van der Waals surface area contributed by atoms with Crippen molar-refractivity contribution in [1.82, 2.24) is 0 Å². The van der Waals surface area contributed by atoms with Crippen LogP contribution >= 0.6 is 20.2 Å². The molecule has 25 heavy (non-hydrogen) atoms. The Morgan fingerprint density at radius 2 is 1.08 bits per heavy atom. The van der Waals surface area contributed by atoms with Crippen molar-refractivity contribution in [3.05, 3.63) is 98.1 Å². The van der Waals surface area contributed by atoms with E-state index in [1.807, 2.05) is 19.2 Å². The molecule has 0 saturated carbocycles. The van der Waals surface area contributed by atoms with Crippen molar-refractivity contribution in [3.63, 3.8) is 0 Å². The average molecular weight is 469 g/mol. The van der Waals surface area contributed by atoms with Crippen LogP contribution in [0, 0.1) is 7.14 Å². The zero-order valence-corrected chi connectivity index (χ0v) is 16.6. The van der Waals surface area contributed by atoms with E-state index in [2.05, 4.69) is 48.5 Å². The fourth-order valence-electron chi connectivity index (χ4n) is 1.95. The summed E-state index contributed by atoms with van der Waals surface area (Å²) in [7, 11) is -2.44. The summed E-state index contributed by atoms with van der Waals surface area (Å²) in [6.07, 6.45) is 0. The van der Waals surface area contributed by atoms with Crippen LogP contribution in [0.5, 0.6) is 0 Å². The van der Waals surface area contributed by atoms with Gasteiger partial charge in [-0.25, -0.2) is 8.42 Å². The number of hydrogen-bond donors (Lipinski definition) is 0. The maximum absolute atomic E-state index is 10.3. The van der Waals surface area contributed by atoms with E-state index in [0.29, 0.717) is 0 Å². The van der Waals surface area contributed by atoms with Gasteiger partial charge in [0, 0.05) is 0 Å². The van der Waals surface area contributed by atoms with Gasteiger partial charge in [0.05, 0.1) is 4.90 Å². The molecule has 0 bridgehead atoms. The van der Waals surface area contributed by atoms with Crippen LogP contribution in [0.15, 0.2) is 95.9 Å². The minimum absolute atomic E-state index is 0.185. The van der Waals surface area contributed by atoms with Crippen molar-refractivity contribution in [1.29, 1.82) is 0 Å². The molecule has 132 valence electrons. The van der Waals surface area contributed by atoms with Gasteiger partial charge in [0.2, 0.25) is 0 Å². The molecule has 3 aromatic carbocycles. The molecule has 6 heteroatoms. The summed E-state index contributed by atoms with van der Waals surface area (Å²) in [6.45, 7) is 0. The van der Waals surface area contributed by atoms with Gasteiger partial charge >= 0.3 is 98.2 Å². The van der Waals surface area contributed by atoms with E-state index in [4.69, 9.17) is 3.07 Å². The monoisotopic (exact) mass is 469 g/mol.